The summed E-state index contributed by atoms with van der Waals surface area (Å²) in [5.74, 6) is -1.77. The fraction of sp³-hybridized carbons (Fsp3) is 0.906. The van der Waals surface area contributed by atoms with Gasteiger partial charge in [0.05, 0.1) is 22.4 Å². The molecule has 0 bridgehead atoms. The number of hydrogen-bond donors (Lipinski definition) is 2. The van der Waals surface area contributed by atoms with Crippen molar-refractivity contribution in [1.82, 2.24) is 0 Å². The molecule has 1 rings (SSSR count). The van der Waals surface area contributed by atoms with Crippen LogP contribution in [0.1, 0.15) is 121 Å². The average molecular weight is 649 g/mol. The lowest BCUT2D eigenvalue weighted by atomic mass is 9.63. The van der Waals surface area contributed by atoms with Gasteiger partial charge in [-0.2, -0.15) is 26.3 Å². The van der Waals surface area contributed by atoms with Crippen LogP contribution in [-0.4, -0.2) is 68.2 Å². The summed E-state index contributed by atoms with van der Waals surface area (Å²) in [6.07, 6.45) is -11.3. The molecule has 12 heteroatoms. The van der Waals surface area contributed by atoms with Crippen molar-refractivity contribution in [2.45, 2.75) is 173 Å². The van der Waals surface area contributed by atoms with E-state index in [9.17, 15) is 41.4 Å². The standard InChI is InChI=1S/C32H54F6O6/c1-13-28(14-2,43-26(9,10)25(7,8)40)21-17-22(19-23(18-21)42-24(39)20(5)6)29(15-3,16-4)44-27(11,12)30(41,31(33,34)35)32(36,37)38/h21-23,40-41H,5,13-19H2,1-4,6-12H3. The summed E-state index contributed by atoms with van der Waals surface area (Å²) in [7, 11) is 0. The molecule has 1 saturated carbocycles. The molecular weight excluding hydrogens is 594 g/mol. The molecule has 6 nitrogen and oxygen atoms in total. The summed E-state index contributed by atoms with van der Waals surface area (Å²) in [4.78, 5) is 12.6. The van der Waals surface area contributed by atoms with E-state index in [2.05, 4.69) is 6.58 Å². The molecule has 3 unspecified atom stereocenters. The first kappa shape index (κ1) is 40.7. The molecule has 0 heterocycles. The summed E-state index contributed by atoms with van der Waals surface area (Å²) in [5, 5.41) is 21.3. The van der Waals surface area contributed by atoms with E-state index in [1.54, 1.807) is 41.5 Å². The van der Waals surface area contributed by atoms with Gasteiger partial charge in [-0.25, -0.2) is 4.79 Å². The Morgan fingerprint density at radius 3 is 1.32 bits per heavy atom. The molecule has 3 atom stereocenters. The Morgan fingerprint density at radius 2 is 1.05 bits per heavy atom. The minimum atomic E-state index is -6.09. The van der Waals surface area contributed by atoms with Gasteiger partial charge in [0, 0.05) is 5.57 Å². The normalized spacial score (nSPS) is 21.8. The number of carbonyl (C=O) groups excluding carboxylic acids is 1. The SMILES string of the molecule is C=C(C)C(=O)OC1CC(C(CC)(CC)OC(C)(C)C(C)(C)O)CC(C(CC)(CC)OC(C)(C)C(O)(C(F)(F)F)C(F)(F)F)C1. The molecule has 260 valence electrons. The first-order chi connectivity index (χ1) is 19.6. The molecule has 0 aliphatic heterocycles. The quantitative estimate of drug-likeness (QED) is 0.112. The van der Waals surface area contributed by atoms with Crippen LogP contribution in [0.25, 0.3) is 0 Å². The average Bonchev–Trinajstić information content (AvgIpc) is 2.87. The van der Waals surface area contributed by atoms with Gasteiger partial charge < -0.3 is 24.4 Å². The lowest BCUT2D eigenvalue weighted by molar-refractivity contribution is -0.423. The number of ether oxygens (including phenoxy) is 3. The van der Waals surface area contributed by atoms with Gasteiger partial charge in [0.15, 0.2) is 0 Å². The van der Waals surface area contributed by atoms with Gasteiger partial charge in [-0.05, 0) is 105 Å². The fourth-order valence-electron chi connectivity index (χ4n) is 6.64. The van der Waals surface area contributed by atoms with Crippen LogP contribution in [0.5, 0.6) is 0 Å². The Balaban J connectivity index is 3.84. The maximum atomic E-state index is 14.0. The highest BCUT2D eigenvalue weighted by molar-refractivity contribution is 5.87. The van der Waals surface area contributed by atoms with Crippen molar-refractivity contribution >= 4 is 5.97 Å². The number of esters is 1. The molecule has 2 N–H and O–H groups in total. The van der Waals surface area contributed by atoms with Crippen LogP contribution >= 0.6 is 0 Å². The van der Waals surface area contributed by atoms with E-state index in [1.807, 2.05) is 13.8 Å². The van der Waals surface area contributed by atoms with Crippen LogP contribution < -0.4 is 0 Å². The molecule has 0 amide bonds. The summed E-state index contributed by atoms with van der Waals surface area (Å²) >= 11 is 0. The lowest BCUT2D eigenvalue weighted by Crippen LogP contribution is -2.71. The highest BCUT2D eigenvalue weighted by Gasteiger charge is 2.78. The van der Waals surface area contributed by atoms with Crippen LogP contribution in [0.3, 0.4) is 0 Å². The number of aliphatic hydroxyl groups is 2. The fourth-order valence-corrected chi connectivity index (χ4v) is 6.64. The zero-order chi connectivity index (χ0) is 35.0. The smallest absolute Gasteiger partial charge is 0.429 e. The second kappa shape index (κ2) is 13.4. The van der Waals surface area contributed by atoms with E-state index in [0.29, 0.717) is 33.1 Å². The maximum absolute atomic E-state index is 14.0. The van der Waals surface area contributed by atoms with E-state index in [4.69, 9.17) is 14.2 Å². The van der Waals surface area contributed by atoms with E-state index >= 15 is 0 Å². The Morgan fingerprint density at radius 1 is 0.705 bits per heavy atom. The first-order valence-corrected chi connectivity index (χ1v) is 15.4. The predicted molar refractivity (Wildman–Crippen MR) is 156 cm³/mol. The van der Waals surface area contributed by atoms with E-state index < -0.39 is 69.9 Å². The number of alkyl halides is 6. The van der Waals surface area contributed by atoms with Crippen molar-refractivity contribution in [3.8, 4) is 0 Å². The highest BCUT2D eigenvalue weighted by atomic mass is 19.4. The molecule has 0 radical (unpaired) electrons. The van der Waals surface area contributed by atoms with E-state index in [-0.39, 0.29) is 31.3 Å². The minimum Gasteiger partial charge on any atom is -0.459 e. The second-order valence-electron chi connectivity index (χ2n) is 13.9. The van der Waals surface area contributed by atoms with Gasteiger partial charge in [0.25, 0.3) is 5.60 Å². The number of halogens is 6. The van der Waals surface area contributed by atoms with Gasteiger partial charge in [-0.15, -0.1) is 0 Å². The summed E-state index contributed by atoms with van der Waals surface area (Å²) in [5.41, 5.74) is -13.0. The first-order valence-electron chi connectivity index (χ1n) is 15.4. The molecule has 44 heavy (non-hydrogen) atoms. The topological polar surface area (TPSA) is 85.2 Å². The Kier molecular flexibility index (Phi) is 12.4. The third kappa shape index (κ3) is 7.77. The third-order valence-electron chi connectivity index (χ3n) is 10.2. The molecule has 1 aliphatic rings. The molecule has 0 spiro atoms. The Labute approximate surface area is 258 Å². The van der Waals surface area contributed by atoms with Crippen LogP contribution in [0, 0.1) is 11.8 Å². The minimum absolute atomic E-state index is 0.0124. The van der Waals surface area contributed by atoms with Gasteiger partial charge in [0.1, 0.15) is 11.7 Å². The Bertz CT molecular complexity index is 973. The molecule has 0 aromatic carbocycles. The van der Waals surface area contributed by atoms with E-state index in [1.165, 1.54) is 6.92 Å². The van der Waals surface area contributed by atoms with Gasteiger partial charge in [-0.1, -0.05) is 34.3 Å². The van der Waals surface area contributed by atoms with Crippen LogP contribution in [-0.2, 0) is 19.0 Å². The zero-order valence-electron chi connectivity index (χ0n) is 28.2. The summed E-state index contributed by atoms with van der Waals surface area (Å²) in [6.45, 7) is 20.0. The molecule has 0 aromatic heterocycles. The molecule has 0 saturated heterocycles. The van der Waals surface area contributed by atoms with Crippen LogP contribution in [0.15, 0.2) is 12.2 Å². The van der Waals surface area contributed by atoms with Crippen LogP contribution in [0.2, 0.25) is 0 Å². The van der Waals surface area contributed by atoms with Gasteiger partial charge in [0.2, 0.25) is 0 Å². The van der Waals surface area contributed by atoms with Crippen molar-refractivity contribution in [2.75, 3.05) is 0 Å². The molecule has 1 aliphatic carbocycles. The van der Waals surface area contributed by atoms with Crippen molar-refractivity contribution in [3.63, 3.8) is 0 Å². The summed E-state index contributed by atoms with van der Waals surface area (Å²) in [6, 6.07) is 0. The predicted octanol–water partition coefficient (Wildman–Crippen LogP) is 8.23. The molecular formula is C32H54F6O6. The molecule has 0 aromatic rings. The van der Waals surface area contributed by atoms with E-state index in [0.717, 1.165) is 0 Å². The summed E-state index contributed by atoms with van der Waals surface area (Å²) < 4.78 is 103. The monoisotopic (exact) mass is 648 g/mol. The van der Waals surface area contributed by atoms with Crippen molar-refractivity contribution in [2.24, 2.45) is 11.8 Å². The highest BCUT2D eigenvalue weighted by Crippen LogP contribution is 2.55. The van der Waals surface area contributed by atoms with Gasteiger partial charge >= 0.3 is 18.3 Å². The van der Waals surface area contributed by atoms with Crippen LogP contribution in [0.4, 0.5) is 26.3 Å². The zero-order valence-corrected chi connectivity index (χ0v) is 28.2. The largest absolute Gasteiger partial charge is 0.459 e. The van der Waals surface area contributed by atoms with Crippen molar-refractivity contribution in [3.05, 3.63) is 12.2 Å². The van der Waals surface area contributed by atoms with Gasteiger partial charge in [-0.3, -0.25) is 0 Å². The number of hydrogen-bond acceptors (Lipinski definition) is 6. The van der Waals surface area contributed by atoms with Crippen molar-refractivity contribution in [1.29, 1.82) is 0 Å². The third-order valence-corrected chi connectivity index (χ3v) is 10.2. The number of carbonyl (C=O) groups is 1. The number of rotatable bonds is 14. The molecule has 1 fully saturated rings. The lowest BCUT2D eigenvalue weighted by Gasteiger charge is -2.55. The maximum Gasteiger partial charge on any atom is 0.429 e. The van der Waals surface area contributed by atoms with Crippen molar-refractivity contribution < 1.29 is 55.6 Å². The second-order valence-corrected chi connectivity index (χ2v) is 13.9. The Hall–Kier alpha value is -1.37.